The number of carbonyl (C=O) groups excluding carboxylic acids is 2. The zero-order chi connectivity index (χ0) is 24.9. The van der Waals surface area contributed by atoms with E-state index in [0.717, 1.165) is 33.0 Å². The molecule has 4 rings (SSSR count). The fourth-order valence-electron chi connectivity index (χ4n) is 4.02. The summed E-state index contributed by atoms with van der Waals surface area (Å²) in [5.41, 5.74) is 3.22. The van der Waals surface area contributed by atoms with E-state index < -0.39 is 23.9 Å². The molecule has 0 radical (unpaired) electrons. The maximum Gasteiger partial charge on any atom is 0.397 e. The summed E-state index contributed by atoms with van der Waals surface area (Å²) in [4.78, 5) is 41.8. The van der Waals surface area contributed by atoms with Gasteiger partial charge in [-0.2, -0.15) is 0 Å². The van der Waals surface area contributed by atoms with Crippen LogP contribution >= 0.6 is 0 Å². The third kappa shape index (κ3) is 5.34. The van der Waals surface area contributed by atoms with Crippen LogP contribution in [0.5, 0.6) is 5.75 Å². The molecule has 1 aromatic heterocycles. The highest BCUT2D eigenvalue weighted by atomic mass is 16.5. The molecule has 182 valence electrons. The minimum Gasteiger partial charge on any atom is -0.493 e. The molecule has 0 unspecified atom stereocenters. The van der Waals surface area contributed by atoms with Crippen molar-refractivity contribution in [1.29, 1.82) is 0 Å². The predicted molar refractivity (Wildman–Crippen MR) is 125 cm³/mol. The lowest BCUT2D eigenvalue weighted by Gasteiger charge is -2.33. The van der Waals surface area contributed by atoms with Crippen LogP contribution in [-0.2, 0) is 38.5 Å². The van der Waals surface area contributed by atoms with Crippen LogP contribution in [0.3, 0.4) is 0 Å². The van der Waals surface area contributed by atoms with Crippen molar-refractivity contribution in [3.8, 4) is 17.2 Å². The molecule has 0 saturated carbocycles. The Bertz CT molecular complexity index is 1240. The van der Waals surface area contributed by atoms with Gasteiger partial charge < -0.3 is 23.9 Å². The number of hydrogen-bond donors (Lipinski definition) is 1. The van der Waals surface area contributed by atoms with Gasteiger partial charge in [-0.1, -0.05) is 24.3 Å². The Morgan fingerprint density at radius 1 is 1.14 bits per heavy atom. The number of oxazole rings is 1. The highest BCUT2D eigenvalue weighted by Crippen LogP contribution is 2.28. The number of carboxylic acids is 1. The minimum atomic E-state index is -1.17. The van der Waals surface area contributed by atoms with Crippen LogP contribution in [0, 0.1) is 6.92 Å². The summed E-state index contributed by atoms with van der Waals surface area (Å²) in [5.74, 6) is -1.34. The van der Waals surface area contributed by atoms with Gasteiger partial charge in [-0.3, -0.25) is 4.79 Å². The Hall–Kier alpha value is -4.14. The molecule has 9 heteroatoms. The largest absolute Gasteiger partial charge is 0.493 e. The van der Waals surface area contributed by atoms with Crippen molar-refractivity contribution in [3.63, 3.8) is 0 Å². The first kappa shape index (κ1) is 24.0. The number of carbonyl (C=O) groups is 3. The summed E-state index contributed by atoms with van der Waals surface area (Å²) in [7, 11) is 0. The summed E-state index contributed by atoms with van der Waals surface area (Å²) in [6, 6.07) is 13.8. The van der Waals surface area contributed by atoms with Gasteiger partial charge in [0.25, 0.3) is 0 Å². The number of ether oxygens (including phenoxy) is 2. The Labute approximate surface area is 202 Å². The van der Waals surface area contributed by atoms with Crippen molar-refractivity contribution >= 4 is 17.8 Å². The number of carboxylic acid groups (broad SMARTS) is 1. The van der Waals surface area contributed by atoms with Crippen LogP contribution in [0.1, 0.15) is 29.5 Å². The lowest BCUT2D eigenvalue weighted by molar-refractivity contribution is -0.164. The van der Waals surface area contributed by atoms with E-state index in [4.69, 9.17) is 13.9 Å². The molecule has 2 heterocycles. The molecule has 0 bridgehead atoms. The van der Waals surface area contributed by atoms with Gasteiger partial charge in [0, 0.05) is 24.9 Å². The van der Waals surface area contributed by atoms with E-state index in [0.29, 0.717) is 24.7 Å². The molecule has 3 aromatic rings. The smallest absolute Gasteiger partial charge is 0.397 e. The van der Waals surface area contributed by atoms with Gasteiger partial charge in [-0.05, 0) is 49.2 Å². The summed E-state index contributed by atoms with van der Waals surface area (Å²) in [5, 5.41) is 9.59. The number of aryl methyl sites for hydroxylation is 1. The van der Waals surface area contributed by atoms with E-state index >= 15 is 0 Å². The SMILES string of the molecule is CCOC(=O)C(=O)N1Cc2cc(OCCc3nc(-c4ccccc4)oc3C)ccc2C[C@H]1C(=O)O. The van der Waals surface area contributed by atoms with E-state index in [2.05, 4.69) is 4.98 Å². The van der Waals surface area contributed by atoms with E-state index in [-0.39, 0.29) is 19.6 Å². The van der Waals surface area contributed by atoms with Crippen LogP contribution in [0.4, 0.5) is 0 Å². The Morgan fingerprint density at radius 2 is 1.91 bits per heavy atom. The first-order chi connectivity index (χ1) is 16.9. The normalized spacial score (nSPS) is 14.8. The Morgan fingerprint density at radius 3 is 2.63 bits per heavy atom. The third-order valence-electron chi connectivity index (χ3n) is 5.82. The first-order valence-corrected chi connectivity index (χ1v) is 11.3. The summed E-state index contributed by atoms with van der Waals surface area (Å²) >= 11 is 0. The monoisotopic (exact) mass is 478 g/mol. The lowest BCUT2D eigenvalue weighted by atomic mass is 9.93. The number of aliphatic carboxylic acids is 1. The van der Waals surface area contributed by atoms with E-state index in [9.17, 15) is 19.5 Å². The van der Waals surface area contributed by atoms with Crippen molar-refractivity contribution in [2.24, 2.45) is 0 Å². The molecule has 9 nitrogen and oxygen atoms in total. The maximum absolute atomic E-state index is 12.5. The zero-order valence-electron chi connectivity index (χ0n) is 19.5. The fraction of sp³-hybridized carbons (Fsp3) is 0.308. The van der Waals surface area contributed by atoms with Gasteiger partial charge in [-0.15, -0.1) is 0 Å². The zero-order valence-corrected chi connectivity index (χ0v) is 19.5. The molecule has 1 amide bonds. The second kappa shape index (κ2) is 10.4. The van der Waals surface area contributed by atoms with Crippen LogP contribution in [0.15, 0.2) is 52.9 Å². The molecule has 2 aromatic carbocycles. The fourth-order valence-corrected chi connectivity index (χ4v) is 4.02. The average molecular weight is 479 g/mol. The quantitative estimate of drug-likeness (QED) is 0.406. The van der Waals surface area contributed by atoms with Gasteiger partial charge in [0.15, 0.2) is 0 Å². The van der Waals surface area contributed by atoms with Crippen molar-refractivity contribution in [2.45, 2.75) is 39.3 Å². The predicted octanol–water partition coefficient (Wildman–Crippen LogP) is 3.17. The molecule has 0 fully saturated rings. The number of esters is 1. The second-order valence-electron chi connectivity index (χ2n) is 8.13. The highest BCUT2D eigenvalue weighted by Gasteiger charge is 2.38. The number of hydrogen-bond acceptors (Lipinski definition) is 7. The molecule has 1 aliphatic heterocycles. The molecule has 35 heavy (non-hydrogen) atoms. The van der Waals surface area contributed by atoms with Crippen molar-refractivity contribution in [2.75, 3.05) is 13.2 Å². The Kier molecular flexibility index (Phi) is 7.14. The van der Waals surface area contributed by atoms with Crippen molar-refractivity contribution < 1.29 is 33.4 Å². The molecule has 0 spiro atoms. The first-order valence-electron chi connectivity index (χ1n) is 11.3. The van der Waals surface area contributed by atoms with E-state index in [1.54, 1.807) is 25.1 Å². The second-order valence-corrected chi connectivity index (χ2v) is 8.13. The van der Waals surface area contributed by atoms with E-state index in [1.807, 2.05) is 37.3 Å². The lowest BCUT2D eigenvalue weighted by Crippen LogP contribution is -2.51. The van der Waals surface area contributed by atoms with Crippen LogP contribution in [0.2, 0.25) is 0 Å². The highest BCUT2D eigenvalue weighted by molar-refractivity contribution is 6.32. The summed E-state index contributed by atoms with van der Waals surface area (Å²) < 4.78 is 16.5. The van der Waals surface area contributed by atoms with Crippen molar-refractivity contribution in [3.05, 3.63) is 71.1 Å². The van der Waals surface area contributed by atoms with Crippen LogP contribution in [-0.4, -0.2) is 52.1 Å². The number of amides is 1. The number of aromatic nitrogens is 1. The molecule has 1 N–H and O–H groups in total. The van der Waals surface area contributed by atoms with E-state index in [1.165, 1.54) is 0 Å². The van der Waals surface area contributed by atoms with Gasteiger partial charge in [0.1, 0.15) is 17.6 Å². The number of fused-ring (bicyclic) bond motifs is 1. The minimum absolute atomic E-state index is 0.0238. The summed E-state index contributed by atoms with van der Waals surface area (Å²) in [6.07, 6.45) is 0.629. The summed E-state index contributed by atoms with van der Waals surface area (Å²) in [6.45, 7) is 3.80. The van der Waals surface area contributed by atoms with Crippen LogP contribution < -0.4 is 4.74 Å². The molecule has 1 aliphatic rings. The maximum atomic E-state index is 12.5. The van der Waals surface area contributed by atoms with Crippen molar-refractivity contribution in [1.82, 2.24) is 9.88 Å². The standard InChI is InChI=1S/C26H26N2O7/c1-3-33-26(32)24(29)28-15-19-13-20(10-9-18(19)14-22(28)25(30)31)34-12-11-21-16(2)35-23(27-21)17-7-5-4-6-8-17/h4-10,13,22H,3,11-12,14-15H2,1-2H3,(H,30,31)/t22-/m0/s1. The molecule has 0 saturated heterocycles. The number of nitrogens with zero attached hydrogens (tertiary/aromatic N) is 2. The Balaban J connectivity index is 1.43. The van der Waals surface area contributed by atoms with Gasteiger partial charge in [0.05, 0.1) is 18.9 Å². The molecule has 1 atom stereocenters. The van der Waals surface area contributed by atoms with Gasteiger partial charge in [0.2, 0.25) is 5.89 Å². The van der Waals surface area contributed by atoms with Crippen LogP contribution in [0.25, 0.3) is 11.5 Å². The average Bonchev–Trinajstić information content (AvgIpc) is 3.23. The third-order valence-corrected chi connectivity index (χ3v) is 5.82. The molecule has 0 aliphatic carbocycles. The molecular weight excluding hydrogens is 452 g/mol. The van der Waals surface area contributed by atoms with Gasteiger partial charge >= 0.3 is 17.8 Å². The number of benzene rings is 2. The molecular formula is C26H26N2O7. The number of rotatable bonds is 7. The van der Waals surface area contributed by atoms with Gasteiger partial charge in [-0.25, -0.2) is 14.6 Å². The topological polar surface area (TPSA) is 119 Å².